The highest BCUT2D eigenvalue weighted by Crippen LogP contribution is 2.70. The van der Waals surface area contributed by atoms with Crippen molar-refractivity contribution in [3.8, 4) is 0 Å². The van der Waals surface area contributed by atoms with E-state index in [0.29, 0.717) is 12.8 Å². The molecule has 0 bridgehead atoms. The molecule has 0 aliphatic heterocycles. The average molecular weight is 531 g/mol. The number of carboxylic acid groups (broad SMARTS) is 1. The van der Waals surface area contributed by atoms with E-state index in [1.165, 1.54) is 6.92 Å². The molecule has 0 aromatic rings. The zero-order valence-electron chi connectivity index (χ0n) is 23.6. The Hall–Kier alpha value is -2.19. The number of carboxylic acids is 1. The summed E-state index contributed by atoms with van der Waals surface area (Å²) in [7, 11) is 0. The van der Waals surface area contributed by atoms with Gasteiger partial charge in [0, 0.05) is 46.7 Å². The predicted molar refractivity (Wildman–Crippen MR) is 138 cm³/mol. The molecule has 0 unspecified atom stereocenters. The molecule has 0 aromatic carbocycles. The Morgan fingerprint density at radius 1 is 0.921 bits per heavy atom. The Bertz CT molecular complexity index is 1150. The lowest BCUT2D eigenvalue weighted by molar-refractivity contribution is -0.156. The van der Waals surface area contributed by atoms with Crippen LogP contribution in [0.2, 0.25) is 0 Å². The van der Waals surface area contributed by atoms with Crippen LogP contribution in [-0.2, 0) is 24.0 Å². The van der Waals surface area contributed by atoms with Gasteiger partial charge >= 0.3 is 5.97 Å². The second-order valence-electron chi connectivity index (χ2n) is 13.8. The van der Waals surface area contributed by atoms with Crippen molar-refractivity contribution in [2.24, 2.45) is 45.3 Å². The van der Waals surface area contributed by atoms with Crippen LogP contribution >= 0.6 is 0 Å². The number of Topliss-reactive ketones (excluding diaryl/α,β-unsaturated/α-hetero) is 4. The highest BCUT2D eigenvalue weighted by molar-refractivity contribution is 6.48. The van der Waals surface area contributed by atoms with Crippen LogP contribution in [0.1, 0.15) is 87.0 Å². The number of ketones is 4. The number of carbonyl (C=O) groups is 5. The molecule has 0 aromatic heterocycles. The number of rotatable bonds is 6. The summed E-state index contributed by atoms with van der Waals surface area (Å²) in [5.41, 5.74) is -3.61. The van der Waals surface area contributed by atoms with E-state index in [0.717, 1.165) is 0 Å². The van der Waals surface area contributed by atoms with Gasteiger partial charge in [0.2, 0.25) is 11.6 Å². The molecular formula is C30H42O8. The summed E-state index contributed by atoms with van der Waals surface area (Å²) >= 11 is 0. The number of aliphatic hydroxyl groups excluding tert-OH is 2. The molecule has 2 fully saturated rings. The highest BCUT2D eigenvalue weighted by Gasteiger charge is 2.73. The highest BCUT2D eigenvalue weighted by atomic mass is 16.4. The van der Waals surface area contributed by atoms with Gasteiger partial charge < -0.3 is 15.3 Å². The molecule has 0 spiro atoms. The minimum absolute atomic E-state index is 0.0217. The van der Waals surface area contributed by atoms with Gasteiger partial charge in [-0.3, -0.25) is 24.0 Å². The zero-order valence-corrected chi connectivity index (χ0v) is 23.6. The van der Waals surface area contributed by atoms with Crippen molar-refractivity contribution >= 4 is 29.1 Å². The summed E-state index contributed by atoms with van der Waals surface area (Å²) < 4.78 is 0. The summed E-state index contributed by atoms with van der Waals surface area (Å²) in [6.45, 7) is 12.4. The van der Waals surface area contributed by atoms with E-state index in [-0.39, 0.29) is 54.3 Å². The maximum atomic E-state index is 14.1. The first-order chi connectivity index (χ1) is 17.4. The fourth-order valence-electron chi connectivity index (χ4n) is 8.90. The Balaban J connectivity index is 1.80. The van der Waals surface area contributed by atoms with Crippen molar-refractivity contribution in [1.29, 1.82) is 0 Å². The second-order valence-corrected chi connectivity index (χ2v) is 13.8. The molecule has 4 aliphatic rings. The van der Waals surface area contributed by atoms with Gasteiger partial charge in [-0.1, -0.05) is 48.5 Å². The lowest BCUT2D eigenvalue weighted by Gasteiger charge is -2.60. The third-order valence-electron chi connectivity index (χ3n) is 11.5. The summed E-state index contributed by atoms with van der Waals surface area (Å²) in [4.78, 5) is 66.0. The Kier molecular flexibility index (Phi) is 6.76. The molecule has 9 atom stereocenters. The molecule has 8 nitrogen and oxygen atoms in total. The average Bonchev–Trinajstić information content (AvgIpc) is 3.03. The van der Waals surface area contributed by atoms with E-state index in [1.807, 2.05) is 20.8 Å². The van der Waals surface area contributed by atoms with Crippen LogP contribution in [0.15, 0.2) is 11.1 Å². The van der Waals surface area contributed by atoms with Crippen LogP contribution in [0.3, 0.4) is 0 Å². The van der Waals surface area contributed by atoms with E-state index >= 15 is 0 Å². The smallest absolute Gasteiger partial charge is 0.306 e. The number of aliphatic carboxylic acids is 1. The molecule has 4 rings (SSSR count). The van der Waals surface area contributed by atoms with Crippen LogP contribution in [0.4, 0.5) is 0 Å². The van der Waals surface area contributed by atoms with Gasteiger partial charge in [0.1, 0.15) is 5.78 Å². The summed E-state index contributed by atoms with van der Waals surface area (Å²) in [5.74, 6) is -4.97. The molecule has 0 amide bonds. The van der Waals surface area contributed by atoms with Crippen LogP contribution in [0, 0.1) is 45.3 Å². The molecule has 3 N–H and O–H groups in total. The topological polar surface area (TPSA) is 146 Å². The van der Waals surface area contributed by atoms with Gasteiger partial charge in [-0.25, -0.2) is 0 Å². The van der Waals surface area contributed by atoms with E-state index in [4.69, 9.17) is 0 Å². The number of hydrogen-bond donors (Lipinski definition) is 3. The third-order valence-corrected chi connectivity index (χ3v) is 11.5. The van der Waals surface area contributed by atoms with Gasteiger partial charge in [-0.05, 0) is 42.4 Å². The van der Waals surface area contributed by atoms with Crippen molar-refractivity contribution in [2.45, 2.75) is 99.2 Å². The van der Waals surface area contributed by atoms with Crippen LogP contribution < -0.4 is 0 Å². The largest absolute Gasteiger partial charge is 0.481 e. The summed E-state index contributed by atoms with van der Waals surface area (Å²) in [6, 6.07) is 0. The molecule has 2 saturated carbocycles. The summed E-state index contributed by atoms with van der Waals surface area (Å²) in [5, 5.41) is 31.5. The third kappa shape index (κ3) is 3.58. The molecule has 4 aliphatic carbocycles. The van der Waals surface area contributed by atoms with Crippen molar-refractivity contribution in [3.05, 3.63) is 11.1 Å². The molecule has 0 radical (unpaired) electrons. The van der Waals surface area contributed by atoms with Crippen molar-refractivity contribution in [3.63, 3.8) is 0 Å². The van der Waals surface area contributed by atoms with Crippen LogP contribution in [-0.4, -0.2) is 56.6 Å². The molecule has 210 valence electrons. The van der Waals surface area contributed by atoms with Gasteiger partial charge in [0.05, 0.1) is 18.1 Å². The SMILES string of the molecule is C[C@H](CC(=O)C[C@H](C)C(=O)O)[C@H]1C[C@@H](O)[C@@]2(C)C3=C(C(=O)C(=O)[C@]12C)[C@@]1(C)CC[C@@H](O)C(C)(C)[C@@H]1CC3=O. The van der Waals surface area contributed by atoms with E-state index in [1.54, 1.807) is 20.8 Å². The van der Waals surface area contributed by atoms with Gasteiger partial charge in [-0.15, -0.1) is 0 Å². The van der Waals surface area contributed by atoms with Gasteiger partial charge in [0.25, 0.3) is 0 Å². The predicted octanol–water partition coefficient (Wildman–Crippen LogP) is 3.31. The lowest BCUT2D eigenvalue weighted by Crippen LogP contribution is -2.63. The Morgan fingerprint density at radius 3 is 2.11 bits per heavy atom. The van der Waals surface area contributed by atoms with E-state index in [2.05, 4.69) is 0 Å². The van der Waals surface area contributed by atoms with Gasteiger partial charge in [-0.2, -0.15) is 0 Å². The summed E-state index contributed by atoms with van der Waals surface area (Å²) in [6.07, 6.45) is -0.616. The maximum absolute atomic E-state index is 14.1. The first-order valence-corrected chi connectivity index (χ1v) is 13.8. The second kappa shape index (κ2) is 8.91. The fourth-order valence-corrected chi connectivity index (χ4v) is 8.90. The molecule has 38 heavy (non-hydrogen) atoms. The first kappa shape index (κ1) is 28.8. The molecule has 8 heteroatoms. The molecule has 0 heterocycles. The quantitative estimate of drug-likeness (QED) is 0.443. The monoisotopic (exact) mass is 530 g/mol. The van der Waals surface area contributed by atoms with Crippen molar-refractivity contribution in [2.75, 3.05) is 0 Å². The number of carbonyl (C=O) groups excluding carboxylic acids is 4. The minimum atomic E-state index is -1.39. The van der Waals surface area contributed by atoms with E-state index in [9.17, 15) is 39.3 Å². The van der Waals surface area contributed by atoms with Crippen LogP contribution in [0.25, 0.3) is 0 Å². The molecule has 0 saturated heterocycles. The zero-order chi connectivity index (χ0) is 28.7. The number of hydrogen-bond acceptors (Lipinski definition) is 7. The lowest BCUT2D eigenvalue weighted by atomic mass is 9.42. The Labute approximate surface area is 224 Å². The number of fused-ring (bicyclic) bond motifs is 4. The fraction of sp³-hybridized carbons (Fsp3) is 0.767. The van der Waals surface area contributed by atoms with Crippen molar-refractivity contribution in [1.82, 2.24) is 0 Å². The van der Waals surface area contributed by atoms with Crippen LogP contribution in [0.5, 0.6) is 0 Å². The standard InChI is InChI=1S/C30H42O8/c1-14(10-16(31)11-15(2)26(37)38)17-12-21(34)30(7)22-18(32)13-19-27(3,4)20(33)8-9-28(19,5)23(22)24(35)25(36)29(17,30)6/h14-15,17,19-21,33-34H,8-13H2,1-7H3,(H,37,38)/t14-,15+,17-,19+,20-,21-,28+,29+,30+/m1/s1. The first-order valence-electron chi connectivity index (χ1n) is 13.8. The number of aliphatic hydroxyl groups is 2. The number of allylic oxidation sites excluding steroid dienone is 1. The van der Waals surface area contributed by atoms with E-state index < -0.39 is 69.2 Å². The van der Waals surface area contributed by atoms with Crippen molar-refractivity contribution < 1.29 is 39.3 Å². The normalized spacial score (nSPS) is 41.8. The molecular weight excluding hydrogens is 488 g/mol. The minimum Gasteiger partial charge on any atom is -0.481 e. The maximum Gasteiger partial charge on any atom is 0.306 e. The Morgan fingerprint density at radius 2 is 1.53 bits per heavy atom. The van der Waals surface area contributed by atoms with Gasteiger partial charge in [0.15, 0.2) is 5.78 Å².